The van der Waals surface area contributed by atoms with Crippen LogP contribution in [0.3, 0.4) is 0 Å². The lowest BCUT2D eigenvalue weighted by atomic mass is 10.0. The number of rotatable bonds is 5. The Morgan fingerprint density at radius 2 is 1.52 bits per heavy atom. The number of nitrogens with one attached hydrogen (secondary N) is 1. The van der Waals surface area contributed by atoms with Crippen LogP contribution in [-0.4, -0.2) is 30.0 Å². The quantitative estimate of drug-likeness (QED) is 0.640. The van der Waals surface area contributed by atoms with Crippen molar-refractivity contribution >= 4 is 22.4 Å². The Morgan fingerprint density at radius 3 is 2.33 bits per heavy atom. The number of likely N-dealkylation sites (tertiary alicyclic amines) is 1. The van der Waals surface area contributed by atoms with Gasteiger partial charge in [0.05, 0.1) is 13.1 Å². The largest absolute Gasteiger partial charge is 0.321 e. The molecule has 1 aliphatic rings. The molecule has 3 heteroatoms. The first-order valence-corrected chi connectivity index (χ1v) is 9.91. The fraction of sp³-hybridized carbons (Fsp3) is 0.292. The van der Waals surface area contributed by atoms with Crippen molar-refractivity contribution in [2.75, 3.05) is 25.0 Å². The lowest BCUT2D eigenvalue weighted by Gasteiger charge is -2.41. The molecule has 3 nitrogen and oxygen atoms in total. The molecule has 3 aromatic rings. The van der Waals surface area contributed by atoms with E-state index in [9.17, 15) is 4.79 Å². The summed E-state index contributed by atoms with van der Waals surface area (Å²) in [6.07, 6.45) is 3.68. The van der Waals surface area contributed by atoms with Crippen LogP contribution >= 0.6 is 0 Å². The van der Waals surface area contributed by atoms with Crippen molar-refractivity contribution < 1.29 is 9.28 Å². The van der Waals surface area contributed by atoms with E-state index in [1.165, 1.54) is 24.8 Å². The van der Waals surface area contributed by atoms with E-state index in [4.69, 9.17) is 0 Å². The number of anilines is 1. The van der Waals surface area contributed by atoms with Crippen molar-refractivity contribution in [1.29, 1.82) is 0 Å². The molecule has 0 aromatic heterocycles. The molecule has 3 aromatic carbocycles. The minimum atomic E-state index is 0.115. The second-order valence-electron chi connectivity index (χ2n) is 7.73. The Hall–Kier alpha value is -2.65. The van der Waals surface area contributed by atoms with Crippen LogP contribution < -0.4 is 5.32 Å². The predicted octanol–water partition coefficient (Wildman–Crippen LogP) is 4.98. The highest BCUT2D eigenvalue weighted by Crippen LogP contribution is 2.25. The number of hydrogen-bond donors (Lipinski definition) is 1. The van der Waals surface area contributed by atoms with E-state index in [1.54, 1.807) is 0 Å². The summed E-state index contributed by atoms with van der Waals surface area (Å²) >= 11 is 0. The van der Waals surface area contributed by atoms with E-state index in [-0.39, 0.29) is 5.91 Å². The molecule has 1 saturated heterocycles. The first-order chi connectivity index (χ1) is 13.2. The Labute approximate surface area is 161 Å². The first-order valence-electron chi connectivity index (χ1n) is 9.91. The van der Waals surface area contributed by atoms with Gasteiger partial charge >= 0.3 is 0 Å². The molecule has 27 heavy (non-hydrogen) atoms. The zero-order chi connectivity index (χ0) is 18.5. The molecule has 1 fully saturated rings. The number of nitrogens with zero attached hydrogens (tertiary/aromatic N) is 1. The van der Waals surface area contributed by atoms with Gasteiger partial charge in [0, 0.05) is 16.6 Å². The molecule has 0 atom stereocenters. The number of carbonyl (C=O) groups excluding carboxylic acids is 1. The van der Waals surface area contributed by atoms with Crippen LogP contribution in [0.4, 0.5) is 5.69 Å². The lowest BCUT2D eigenvalue weighted by molar-refractivity contribution is -0.937. The molecule has 1 N–H and O–H groups in total. The van der Waals surface area contributed by atoms with Gasteiger partial charge in [0.1, 0.15) is 6.54 Å². The molecular weight excluding hydrogens is 332 g/mol. The van der Waals surface area contributed by atoms with E-state index in [0.29, 0.717) is 6.54 Å². The number of quaternary nitrogens is 1. The molecular formula is C24H27N2O+. The molecule has 0 aliphatic carbocycles. The highest BCUT2D eigenvalue weighted by atomic mass is 16.2. The standard InChI is InChI=1S/C24H26N2O/c27-24(25-23-15-9-13-21-12-5-6-14-22(21)23)19-26(16-7-2-8-17-26)18-20-10-3-1-4-11-20/h1,3-6,9-15H,2,7-8,16-19H2/p+1. The van der Waals surface area contributed by atoms with Crippen molar-refractivity contribution in [1.82, 2.24) is 0 Å². The van der Waals surface area contributed by atoms with Crippen LogP contribution in [0.25, 0.3) is 10.8 Å². The van der Waals surface area contributed by atoms with Gasteiger partial charge in [-0.05, 0) is 30.7 Å². The maximum atomic E-state index is 13.0. The third-order valence-electron chi connectivity index (χ3n) is 5.67. The smallest absolute Gasteiger partial charge is 0.279 e. The average Bonchev–Trinajstić information content (AvgIpc) is 2.69. The Bertz CT molecular complexity index is 909. The first kappa shape index (κ1) is 17.7. The maximum Gasteiger partial charge on any atom is 0.279 e. The van der Waals surface area contributed by atoms with E-state index in [1.807, 2.05) is 24.3 Å². The fourth-order valence-electron chi connectivity index (χ4n) is 4.35. The Morgan fingerprint density at radius 1 is 0.815 bits per heavy atom. The summed E-state index contributed by atoms with van der Waals surface area (Å²) in [5.74, 6) is 0.115. The minimum Gasteiger partial charge on any atom is -0.321 e. The van der Waals surface area contributed by atoms with Crippen LogP contribution in [0.5, 0.6) is 0 Å². The van der Waals surface area contributed by atoms with Crippen LogP contribution in [0.2, 0.25) is 0 Å². The van der Waals surface area contributed by atoms with E-state index < -0.39 is 0 Å². The fourth-order valence-corrected chi connectivity index (χ4v) is 4.35. The van der Waals surface area contributed by atoms with Crippen LogP contribution in [0.15, 0.2) is 72.8 Å². The Kier molecular flexibility index (Phi) is 5.21. The monoisotopic (exact) mass is 359 g/mol. The van der Waals surface area contributed by atoms with Crippen molar-refractivity contribution in [3.63, 3.8) is 0 Å². The number of piperidine rings is 1. The highest BCUT2D eigenvalue weighted by Gasteiger charge is 2.32. The summed E-state index contributed by atoms with van der Waals surface area (Å²) in [5, 5.41) is 5.44. The van der Waals surface area contributed by atoms with Crippen LogP contribution in [0, 0.1) is 0 Å². The van der Waals surface area contributed by atoms with Crippen molar-refractivity contribution in [2.45, 2.75) is 25.8 Å². The molecule has 0 spiro atoms. The lowest BCUT2D eigenvalue weighted by Crippen LogP contribution is -2.54. The number of hydrogen-bond acceptors (Lipinski definition) is 1. The van der Waals surface area contributed by atoms with E-state index in [2.05, 4.69) is 53.8 Å². The molecule has 4 rings (SSSR count). The van der Waals surface area contributed by atoms with E-state index in [0.717, 1.165) is 40.6 Å². The second-order valence-corrected chi connectivity index (χ2v) is 7.73. The van der Waals surface area contributed by atoms with Gasteiger partial charge in [0.15, 0.2) is 6.54 Å². The van der Waals surface area contributed by atoms with Crippen LogP contribution in [0.1, 0.15) is 24.8 Å². The molecule has 0 unspecified atom stereocenters. The van der Waals surface area contributed by atoms with Gasteiger partial charge < -0.3 is 9.80 Å². The van der Waals surface area contributed by atoms with Crippen molar-refractivity contribution in [3.8, 4) is 0 Å². The SMILES string of the molecule is O=C(C[N+]1(Cc2ccccc2)CCCCC1)Nc1cccc2ccccc12. The Balaban J connectivity index is 1.53. The summed E-state index contributed by atoms with van der Waals surface area (Å²) in [6, 6.07) is 24.9. The maximum absolute atomic E-state index is 13.0. The molecule has 0 radical (unpaired) electrons. The second kappa shape index (κ2) is 7.93. The molecule has 138 valence electrons. The third kappa shape index (κ3) is 4.20. The van der Waals surface area contributed by atoms with Crippen molar-refractivity contribution in [3.05, 3.63) is 78.4 Å². The van der Waals surface area contributed by atoms with Crippen LogP contribution in [-0.2, 0) is 11.3 Å². The zero-order valence-corrected chi connectivity index (χ0v) is 15.7. The summed E-state index contributed by atoms with van der Waals surface area (Å²) < 4.78 is 0.862. The summed E-state index contributed by atoms with van der Waals surface area (Å²) in [7, 11) is 0. The molecule has 1 amide bonds. The number of carbonyl (C=O) groups is 1. The summed E-state index contributed by atoms with van der Waals surface area (Å²) in [6.45, 7) is 3.64. The predicted molar refractivity (Wildman–Crippen MR) is 111 cm³/mol. The van der Waals surface area contributed by atoms with Crippen molar-refractivity contribution in [2.24, 2.45) is 0 Å². The summed E-state index contributed by atoms with van der Waals surface area (Å²) in [4.78, 5) is 13.0. The molecule has 1 heterocycles. The van der Waals surface area contributed by atoms with Gasteiger partial charge in [-0.15, -0.1) is 0 Å². The number of fused-ring (bicyclic) bond motifs is 1. The molecule has 0 saturated carbocycles. The van der Waals surface area contributed by atoms with Gasteiger partial charge in [-0.1, -0.05) is 66.7 Å². The number of benzene rings is 3. The van der Waals surface area contributed by atoms with E-state index >= 15 is 0 Å². The third-order valence-corrected chi connectivity index (χ3v) is 5.67. The minimum absolute atomic E-state index is 0.115. The summed E-state index contributed by atoms with van der Waals surface area (Å²) in [5.41, 5.74) is 2.23. The number of amides is 1. The molecule has 0 bridgehead atoms. The van der Waals surface area contributed by atoms with Gasteiger partial charge in [0.2, 0.25) is 0 Å². The zero-order valence-electron chi connectivity index (χ0n) is 15.7. The normalized spacial score (nSPS) is 16.1. The van der Waals surface area contributed by atoms with Gasteiger partial charge in [-0.2, -0.15) is 0 Å². The van der Waals surface area contributed by atoms with Gasteiger partial charge in [0.25, 0.3) is 5.91 Å². The molecule has 1 aliphatic heterocycles. The van der Waals surface area contributed by atoms with Gasteiger partial charge in [-0.25, -0.2) is 0 Å². The topological polar surface area (TPSA) is 29.1 Å². The average molecular weight is 359 g/mol. The highest BCUT2D eigenvalue weighted by molar-refractivity contribution is 6.02. The van der Waals surface area contributed by atoms with Gasteiger partial charge in [-0.3, -0.25) is 4.79 Å².